The minimum Gasteiger partial charge on any atom is -0.462 e. The van der Waals surface area contributed by atoms with Gasteiger partial charge in [-0.3, -0.25) is 4.90 Å². The molecule has 0 amide bonds. The highest BCUT2D eigenvalue weighted by atomic mass is 32.1. The Bertz CT molecular complexity index is 1210. The number of nitrogens with zero attached hydrogens (tertiary/aromatic N) is 5. The third-order valence-corrected chi connectivity index (χ3v) is 7.10. The monoisotopic (exact) mass is 457 g/mol. The fourth-order valence-corrected chi connectivity index (χ4v) is 5.30. The molecule has 0 aliphatic carbocycles. The highest BCUT2D eigenvalue weighted by molar-refractivity contribution is 7.15. The van der Waals surface area contributed by atoms with Crippen molar-refractivity contribution in [2.24, 2.45) is 0 Å². The molecule has 0 fully saturated rings. The van der Waals surface area contributed by atoms with Crippen molar-refractivity contribution in [2.75, 3.05) is 6.54 Å². The van der Waals surface area contributed by atoms with E-state index in [1.54, 1.807) is 17.6 Å². The molecule has 0 radical (unpaired) electrons. The van der Waals surface area contributed by atoms with Crippen molar-refractivity contribution in [1.29, 1.82) is 0 Å². The van der Waals surface area contributed by atoms with Crippen molar-refractivity contribution >= 4 is 11.3 Å². The quantitative estimate of drug-likeness (QED) is 0.477. The molecule has 0 spiro atoms. The molecule has 32 heavy (non-hydrogen) atoms. The number of aromatic nitrogens is 4. The van der Waals surface area contributed by atoms with Crippen molar-refractivity contribution in [1.82, 2.24) is 24.6 Å². The normalized spacial score (nSPS) is 17.1. The molecule has 4 heterocycles. The van der Waals surface area contributed by atoms with Crippen molar-refractivity contribution in [3.63, 3.8) is 0 Å². The van der Waals surface area contributed by atoms with E-state index in [1.807, 2.05) is 19.1 Å². The van der Waals surface area contributed by atoms with Crippen molar-refractivity contribution < 1.29 is 18.3 Å². The molecule has 10 heteroatoms. The number of halogens is 2. The minimum atomic E-state index is -1.67. The van der Waals surface area contributed by atoms with E-state index in [4.69, 9.17) is 9.40 Å². The Labute approximate surface area is 187 Å². The molecule has 0 bridgehead atoms. The second kappa shape index (κ2) is 8.19. The number of hydrogen-bond donors (Lipinski definition) is 1. The topological polar surface area (TPSA) is 80.2 Å². The average molecular weight is 458 g/mol. The maximum absolute atomic E-state index is 14.8. The summed E-state index contributed by atoms with van der Waals surface area (Å²) in [5.74, 6) is -0.769. The van der Waals surface area contributed by atoms with Crippen LogP contribution in [0.25, 0.3) is 10.8 Å². The predicted octanol–water partition coefficient (Wildman–Crippen LogP) is 3.61. The van der Waals surface area contributed by atoms with Crippen LogP contribution in [0, 0.1) is 11.6 Å². The number of rotatable bonds is 6. The summed E-state index contributed by atoms with van der Waals surface area (Å²) in [6, 6.07) is 6.44. The van der Waals surface area contributed by atoms with Crippen molar-refractivity contribution in [3.05, 3.63) is 77.0 Å². The Morgan fingerprint density at radius 3 is 2.91 bits per heavy atom. The minimum absolute atomic E-state index is 0.0216. The molecule has 0 saturated carbocycles. The molecule has 1 aliphatic heterocycles. The number of thiazole rings is 1. The van der Waals surface area contributed by atoms with Crippen LogP contribution in [0.15, 0.2) is 53.7 Å². The van der Waals surface area contributed by atoms with Crippen LogP contribution in [0.3, 0.4) is 0 Å². The van der Waals surface area contributed by atoms with Gasteiger partial charge in [-0.05, 0) is 25.1 Å². The van der Waals surface area contributed by atoms with Crippen molar-refractivity contribution in [2.45, 2.75) is 38.1 Å². The van der Waals surface area contributed by atoms with Crippen LogP contribution in [0.1, 0.15) is 23.1 Å². The number of hydrogen-bond acceptors (Lipinski definition) is 7. The molecule has 3 aromatic heterocycles. The van der Waals surface area contributed by atoms with Gasteiger partial charge in [0.05, 0.1) is 18.5 Å². The van der Waals surface area contributed by atoms with Gasteiger partial charge in [-0.1, -0.05) is 6.07 Å². The van der Waals surface area contributed by atoms with Gasteiger partial charge < -0.3 is 9.52 Å². The van der Waals surface area contributed by atoms with Crippen LogP contribution < -0.4 is 0 Å². The van der Waals surface area contributed by atoms with E-state index in [-0.39, 0.29) is 12.1 Å². The highest BCUT2D eigenvalue weighted by Crippen LogP contribution is 2.37. The molecular formula is C22H21F2N5O2S. The Balaban J connectivity index is 1.47. The molecule has 1 aliphatic rings. The summed E-state index contributed by atoms with van der Waals surface area (Å²) in [5, 5.41) is 16.7. The lowest BCUT2D eigenvalue weighted by Crippen LogP contribution is -2.53. The van der Waals surface area contributed by atoms with Crippen molar-refractivity contribution in [3.8, 4) is 10.8 Å². The Kier molecular flexibility index (Phi) is 5.36. The van der Waals surface area contributed by atoms with E-state index in [2.05, 4.69) is 15.0 Å². The zero-order chi connectivity index (χ0) is 22.3. The van der Waals surface area contributed by atoms with Gasteiger partial charge >= 0.3 is 0 Å². The largest absolute Gasteiger partial charge is 0.462 e. The molecule has 7 nitrogen and oxygen atoms in total. The first-order valence-electron chi connectivity index (χ1n) is 10.2. The van der Waals surface area contributed by atoms with Gasteiger partial charge in [0, 0.05) is 42.1 Å². The molecule has 166 valence electrons. The van der Waals surface area contributed by atoms with Gasteiger partial charge in [0.2, 0.25) is 0 Å². The maximum atomic E-state index is 14.8. The molecule has 4 aromatic rings. The van der Waals surface area contributed by atoms with Gasteiger partial charge in [-0.25, -0.2) is 23.4 Å². The summed E-state index contributed by atoms with van der Waals surface area (Å²) in [7, 11) is 0. The summed E-state index contributed by atoms with van der Waals surface area (Å²) in [4.78, 5) is 11.8. The highest BCUT2D eigenvalue weighted by Gasteiger charge is 2.43. The van der Waals surface area contributed by atoms with Crippen LogP contribution in [0.2, 0.25) is 0 Å². The summed E-state index contributed by atoms with van der Waals surface area (Å²) >= 11 is 1.55. The lowest BCUT2D eigenvalue weighted by molar-refractivity contribution is -0.0675. The first-order valence-corrected chi connectivity index (χ1v) is 11.0. The number of benzene rings is 1. The molecule has 2 atom stereocenters. The maximum Gasteiger partial charge on any atom is 0.162 e. The molecular weight excluding hydrogens is 436 g/mol. The van der Waals surface area contributed by atoms with E-state index in [9.17, 15) is 13.9 Å². The SMILES string of the molecule is C[C@@H](N1CCc2nc(-c3ccco3)sc2C1)[C@](O)(Cn1cncn1)c1ccc(F)cc1F. The van der Waals surface area contributed by atoms with E-state index >= 15 is 0 Å². The fraction of sp³-hybridized carbons (Fsp3) is 0.318. The first kappa shape index (κ1) is 20.9. The smallest absolute Gasteiger partial charge is 0.162 e. The molecule has 0 saturated heterocycles. The summed E-state index contributed by atoms with van der Waals surface area (Å²) < 4.78 is 35.3. The standard InChI is InChI=1S/C22H21F2N5O2S/c1-14(28-7-6-18-20(10-28)32-21(27-18)19-3-2-8-31-19)22(30,11-29-13-25-12-26-29)16-5-4-15(23)9-17(16)24/h2-5,8-9,12-14,30H,6-7,10-11H2,1H3/t14-,22-/m1/s1. The molecule has 1 aromatic carbocycles. The fourth-order valence-electron chi connectivity index (χ4n) is 4.20. The van der Waals surface area contributed by atoms with E-state index in [0.29, 0.717) is 19.5 Å². The van der Waals surface area contributed by atoms with Crippen LogP contribution in [-0.2, 0) is 25.1 Å². The van der Waals surface area contributed by atoms with Crippen LogP contribution in [-0.4, -0.2) is 42.3 Å². The Hall–Kier alpha value is -2.95. The second-order valence-electron chi connectivity index (χ2n) is 7.90. The van der Waals surface area contributed by atoms with E-state index < -0.39 is 23.3 Å². The lowest BCUT2D eigenvalue weighted by atomic mass is 9.85. The lowest BCUT2D eigenvalue weighted by Gasteiger charge is -2.42. The third-order valence-electron chi connectivity index (χ3n) is 6.00. The number of furan rings is 1. The number of aliphatic hydroxyl groups is 1. The van der Waals surface area contributed by atoms with Crippen LogP contribution >= 0.6 is 11.3 Å². The summed E-state index contributed by atoms with van der Waals surface area (Å²) in [6.45, 7) is 3.01. The summed E-state index contributed by atoms with van der Waals surface area (Å²) in [5.41, 5.74) is -0.636. The second-order valence-corrected chi connectivity index (χ2v) is 8.99. The van der Waals surface area contributed by atoms with Gasteiger partial charge in [-0.2, -0.15) is 5.10 Å². The predicted molar refractivity (Wildman–Crippen MR) is 114 cm³/mol. The average Bonchev–Trinajstić information content (AvgIpc) is 3.53. The Morgan fingerprint density at radius 2 is 2.19 bits per heavy atom. The van der Waals surface area contributed by atoms with Crippen LogP contribution in [0.5, 0.6) is 0 Å². The van der Waals surface area contributed by atoms with Gasteiger partial charge in [0.25, 0.3) is 0 Å². The molecule has 1 N–H and O–H groups in total. The molecule has 5 rings (SSSR count). The first-order chi connectivity index (χ1) is 15.4. The zero-order valence-corrected chi connectivity index (χ0v) is 18.1. The molecule has 0 unspecified atom stereocenters. The van der Waals surface area contributed by atoms with Gasteiger partial charge in [0.1, 0.15) is 29.9 Å². The Morgan fingerprint density at radius 1 is 1.31 bits per heavy atom. The van der Waals surface area contributed by atoms with Crippen LogP contribution in [0.4, 0.5) is 8.78 Å². The van der Waals surface area contributed by atoms with E-state index in [0.717, 1.165) is 33.5 Å². The van der Waals surface area contributed by atoms with E-state index in [1.165, 1.54) is 23.4 Å². The van der Waals surface area contributed by atoms with Gasteiger partial charge in [0.15, 0.2) is 10.8 Å². The third kappa shape index (κ3) is 3.74. The van der Waals surface area contributed by atoms with Gasteiger partial charge in [-0.15, -0.1) is 11.3 Å². The zero-order valence-electron chi connectivity index (χ0n) is 17.3. The number of fused-ring (bicyclic) bond motifs is 1. The summed E-state index contributed by atoms with van der Waals surface area (Å²) in [6.07, 6.45) is 5.13.